The minimum Gasteiger partial charge on any atom is -0.369 e. The molecule has 3 aromatic carbocycles. The molecule has 0 aliphatic carbocycles. The van der Waals surface area contributed by atoms with Crippen LogP contribution in [0, 0.1) is 5.92 Å². The molecule has 1 unspecified atom stereocenters. The molecule has 1 aliphatic heterocycles. The lowest BCUT2D eigenvalue weighted by molar-refractivity contribution is -0.137. The SMILES string of the molecule is NC(=O)C1CCCN(Cc2cccc(CNC(=O)c3ccccc3-c3ccc(C(F)(F)F)cc3)c2)C1. The summed E-state index contributed by atoms with van der Waals surface area (Å²) in [4.78, 5) is 26.8. The predicted molar refractivity (Wildman–Crippen MR) is 132 cm³/mol. The third-order valence-corrected chi connectivity index (χ3v) is 6.45. The number of carbonyl (C=O) groups is 2. The number of halogens is 3. The molecular weight excluding hydrogens is 467 g/mol. The van der Waals surface area contributed by atoms with Gasteiger partial charge in [0, 0.05) is 25.2 Å². The predicted octanol–water partition coefficient (Wildman–Crippen LogP) is 5.00. The molecule has 8 heteroatoms. The van der Waals surface area contributed by atoms with E-state index < -0.39 is 11.7 Å². The molecular formula is C28H28F3N3O2. The molecule has 36 heavy (non-hydrogen) atoms. The molecule has 2 amide bonds. The molecule has 1 fully saturated rings. The molecule has 0 bridgehead atoms. The Hall–Kier alpha value is -3.65. The van der Waals surface area contributed by atoms with Gasteiger partial charge in [-0.15, -0.1) is 0 Å². The topological polar surface area (TPSA) is 75.4 Å². The van der Waals surface area contributed by atoms with E-state index in [2.05, 4.69) is 10.2 Å². The number of nitrogens with one attached hydrogen (secondary N) is 1. The van der Waals surface area contributed by atoms with Crippen molar-refractivity contribution in [3.8, 4) is 11.1 Å². The molecule has 188 valence electrons. The van der Waals surface area contributed by atoms with E-state index in [-0.39, 0.29) is 17.7 Å². The van der Waals surface area contributed by atoms with Crippen molar-refractivity contribution in [2.45, 2.75) is 32.1 Å². The van der Waals surface area contributed by atoms with Crippen molar-refractivity contribution < 1.29 is 22.8 Å². The minimum atomic E-state index is -4.42. The van der Waals surface area contributed by atoms with Gasteiger partial charge in [-0.05, 0) is 59.8 Å². The third kappa shape index (κ3) is 6.31. The first-order valence-electron chi connectivity index (χ1n) is 11.8. The third-order valence-electron chi connectivity index (χ3n) is 6.45. The van der Waals surface area contributed by atoms with Gasteiger partial charge in [0.15, 0.2) is 0 Å². The van der Waals surface area contributed by atoms with Crippen LogP contribution in [0.1, 0.15) is 39.9 Å². The Morgan fingerprint density at radius 1 is 0.972 bits per heavy atom. The van der Waals surface area contributed by atoms with Crippen molar-refractivity contribution in [2.24, 2.45) is 11.7 Å². The first-order valence-corrected chi connectivity index (χ1v) is 11.8. The number of amides is 2. The van der Waals surface area contributed by atoms with Crippen LogP contribution in [-0.2, 0) is 24.1 Å². The molecule has 4 rings (SSSR count). The largest absolute Gasteiger partial charge is 0.416 e. The number of hydrogen-bond acceptors (Lipinski definition) is 3. The van der Waals surface area contributed by atoms with Crippen LogP contribution in [0.4, 0.5) is 13.2 Å². The van der Waals surface area contributed by atoms with Crippen LogP contribution in [0.2, 0.25) is 0 Å². The quantitative estimate of drug-likeness (QED) is 0.485. The van der Waals surface area contributed by atoms with E-state index in [0.717, 1.165) is 42.6 Å². The molecule has 1 saturated heterocycles. The van der Waals surface area contributed by atoms with Crippen molar-refractivity contribution in [3.05, 3.63) is 95.1 Å². The summed E-state index contributed by atoms with van der Waals surface area (Å²) in [6.45, 7) is 2.56. The smallest absolute Gasteiger partial charge is 0.369 e. The second-order valence-electron chi connectivity index (χ2n) is 9.10. The number of benzene rings is 3. The van der Waals surface area contributed by atoms with Gasteiger partial charge < -0.3 is 11.1 Å². The van der Waals surface area contributed by atoms with E-state index in [4.69, 9.17) is 5.73 Å². The molecule has 5 nitrogen and oxygen atoms in total. The number of nitrogens with two attached hydrogens (primary N) is 1. The van der Waals surface area contributed by atoms with E-state index in [0.29, 0.717) is 36.3 Å². The van der Waals surface area contributed by atoms with Gasteiger partial charge >= 0.3 is 6.18 Å². The Bertz CT molecular complexity index is 1230. The number of primary amides is 1. The van der Waals surface area contributed by atoms with Gasteiger partial charge in [0.2, 0.25) is 5.91 Å². The van der Waals surface area contributed by atoms with Gasteiger partial charge in [0.25, 0.3) is 5.91 Å². The molecule has 0 radical (unpaired) electrons. The molecule has 0 saturated carbocycles. The molecule has 1 aliphatic rings. The highest BCUT2D eigenvalue weighted by Gasteiger charge is 2.30. The number of alkyl halides is 3. The second kappa shape index (κ2) is 11.0. The molecule has 3 N–H and O–H groups in total. The molecule has 1 heterocycles. The van der Waals surface area contributed by atoms with Gasteiger partial charge in [0.05, 0.1) is 11.5 Å². The highest BCUT2D eigenvalue weighted by Crippen LogP contribution is 2.32. The summed E-state index contributed by atoms with van der Waals surface area (Å²) in [5.41, 5.74) is 8.24. The summed E-state index contributed by atoms with van der Waals surface area (Å²) in [6, 6.07) is 19.5. The van der Waals surface area contributed by atoms with Crippen LogP contribution in [0.25, 0.3) is 11.1 Å². The number of piperidine rings is 1. The fourth-order valence-electron chi connectivity index (χ4n) is 4.58. The van der Waals surface area contributed by atoms with Crippen LogP contribution in [-0.4, -0.2) is 29.8 Å². The maximum atomic E-state index is 13.0. The van der Waals surface area contributed by atoms with E-state index in [1.54, 1.807) is 24.3 Å². The van der Waals surface area contributed by atoms with Crippen LogP contribution in [0.15, 0.2) is 72.8 Å². The number of hydrogen-bond donors (Lipinski definition) is 2. The normalized spacial score (nSPS) is 16.5. The van der Waals surface area contributed by atoms with Crippen LogP contribution in [0.3, 0.4) is 0 Å². The second-order valence-corrected chi connectivity index (χ2v) is 9.10. The summed E-state index contributed by atoms with van der Waals surface area (Å²) < 4.78 is 38.7. The van der Waals surface area contributed by atoms with Crippen molar-refractivity contribution in [2.75, 3.05) is 13.1 Å². The Kier molecular flexibility index (Phi) is 7.74. The number of nitrogens with zero attached hydrogens (tertiary/aromatic N) is 1. The molecule has 1 atom stereocenters. The highest BCUT2D eigenvalue weighted by molar-refractivity contribution is 6.00. The van der Waals surface area contributed by atoms with Gasteiger partial charge in [0.1, 0.15) is 0 Å². The van der Waals surface area contributed by atoms with E-state index in [1.807, 2.05) is 24.3 Å². The summed E-state index contributed by atoms with van der Waals surface area (Å²) in [5, 5.41) is 2.92. The van der Waals surface area contributed by atoms with Gasteiger partial charge in [-0.1, -0.05) is 54.6 Å². The Morgan fingerprint density at radius 3 is 2.42 bits per heavy atom. The van der Waals surface area contributed by atoms with Crippen molar-refractivity contribution in [3.63, 3.8) is 0 Å². The Morgan fingerprint density at radius 2 is 1.69 bits per heavy atom. The molecule has 3 aromatic rings. The highest BCUT2D eigenvalue weighted by atomic mass is 19.4. The molecule has 0 aromatic heterocycles. The average molecular weight is 496 g/mol. The summed E-state index contributed by atoms with van der Waals surface area (Å²) in [5.74, 6) is -0.685. The van der Waals surface area contributed by atoms with Crippen LogP contribution < -0.4 is 11.1 Å². The lowest BCUT2D eigenvalue weighted by Gasteiger charge is -2.31. The number of carbonyl (C=O) groups excluding carboxylic acids is 2. The Balaban J connectivity index is 1.42. The lowest BCUT2D eigenvalue weighted by atomic mass is 9.97. The zero-order chi connectivity index (χ0) is 25.7. The van der Waals surface area contributed by atoms with E-state index >= 15 is 0 Å². The van der Waals surface area contributed by atoms with Crippen molar-refractivity contribution in [1.82, 2.24) is 10.2 Å². The lowest BCUT2D eigenvalue weighted by Crippen LogP contribution is -2.40. The number of likely N-dealkylation sites (tertiary alicyclic amines) is 1. The molecule has 0 spiro atoms. The van der Waals surface area contributed by atoms with Gasteiger partial charge in [-0.3, -0.25) is 14.5 Å². The van der Waals surface area contributed by atoms with Gasteiger partial charge in [-0.2, -0.15) is 13.2 Å². The fraction of sp³-hybridized carbons (Fsp3) is 0.286. The summed E-state index contributed by atoms with van der Waals surface area (Å²) in [6.07, 6.45) is -2.66. The summed E-state index contributed by atoms with van der Waals surface area (Å²) >= 11 is 0. The maximum Gasteiger partial charge on any atom is 0.416 e. The van der Waals surface area contributed by atoms with Crippen molar-refractivity contribution in [1.29, 1.82) is 0 Å². The van der Waals surface area contributed by atoms with E-state index in [9.17, 15) is 22.8 Å². The first kappa shape index (κ1) is 25.4. The standard InChI is InChI=1S/C28H28F3N3O2/c29-28(30,31)23-12-10-21(11-13-23)24-8-1-2-9-25(24)27(36)33-16-19-5-3-6-20(15-19)17-34-14-4-7-22(18-34)26(32)35/h1-3,5-6,8-13,15,22H,4,7,14,16-18H2,(H2,32,35)(H,33,36). The zero-order valence-corrected chi connectivity index (χ0v) is 19.7. The van der Waals surface area contributed by atoms with Crippen LogP contribution in [0.5, 0.6) is 0 Å². The zero-order valence-electron chi connectivity index (χ0n) is 19.7. The Labute approximate surface area is 208 Å². The first-order chi connectivity index (χ1) is 17.2. The fourth-order valence-corrected chi connectivity index (χ4v) is 4.58. The van der Waals surface area contributed by atoms with Crippen LogP contribution >= 0.6 is 0 Å². The minimum absolute atomic E-state index is 0.119. The van der Waals surface area contributed by atoms with Crippen molar-refractivity contribution >= 4 is 11.8 Å². The maximum absolute atomic E-state index is 13.0. The van der Waals surface area contributed by atoms with Gasteiger partial charge in [-0.25, -0.2) is 0 Å². The monoisotopic (exact) mass is 495 g/mol. The number of rotatable bonds is 7. The summed E-state index contributed by atoms with van der Waals surface area (Å²) in [7, 11) is 0. The van der Waals surface area contributed by atoms with E-state index in [1.165, 1.54) is 12.1 Å². The average Bonchev–Trinajstić information content (AvgIpc) is 2.87.